The predicted molar refractivity (Wildman–Crippen MR) is 123 cm³/mol. The number of carbonyl (C=O) groups is 2. The van der Waals surface area contributed by atoms with Crippen LogP contribution in [-0.4, -0.2) is 65.0 Å². The van der Waals surface area contributed by atoms with E-state index in [1.165, 1.54) is 0 Å². The highest BCUT2D eigenvalue weighted by molar-refractivity contribution is 5.96. The molecular formula is C25H28N4O4. The molecule has 1 fully saturated rings. The van der Waals surface area contributed by atoms with Gasteiger partial charge in [0.1, 0.15) is 5.75 Å². The minimum Gasteiger partial charge on any atom is -0.493 e. The monoisotopic (exact) mass is 448 g/mol. The van der Waals surface area contributed by atoms with E-state index in [0.717, 1.165) is 31.5 Å². The summed E-state index contributed by atoms with van der Waals surface area (Å²) < 4.78 is 11.0. The number of nitrogens with zero attached hydrogens (tertiary/aromatic N) is 4. The summed E-state index contributed by atoms with van der Waals surface area (Å²) >= 11 is 0. The van der Waals surface area contributed by atoms with Gasteiger partial charge in [0.05, 0.1) is 12.2 Å². The lowest BCUT2D eigenvalue weighted by Crippen LogP contribution is -2.29. The van der Waals surface area contributed by atoms with Crippen LogP contribution in [0.4, 0.5) is 0 Å². The second kappa shape index (κ2) is 10.3. The Kier molecular flexibility index (Phi) is 7.02. The highest BCUT2D eigenvalue weighted by Crippen LogP contribution is 2.21. The van der Waals surface area contributed by atoms with Crippen LogP contribution in [0.3, 0.4) is 0 Å². The van der Waals surface area contributed by atoms with Crippen molar-refractivity contribution in [3.63, 3.8) is 0 Å². The zero-order valence-corrected chi connectivity index (χ0v) is 19.0. The molecule has 3 aromatic rings. The van der Waals surface area contributed by atoms with Crippen molar-refractivity contribution >= 4 is 11.8 Å². The number of likely N-dealkylation sites (N-methyl/N-ethyl adjacent to an activating group) is 1. The Balaban J connectivity index is 1.36. The molecule has 0 spiro atoms. The Morgan fingerprint density at radius 3 is 2.55 bits per heavy atom. The van der Waals surface area contributed by atoms with Crippen LogP contribution >= 0.6 is 0 Å². The van der Waals surface area contributed by atoms with Gasteiger partial charge in [-0.15, -0.1) is 0 Å². The molecular weight excluding hydrogens is 420 g/mol. The topological polar surface area (TPSA) is 88.8 Å². The van der Waals surface area contributed by atoms with Gasteiger partial charge in [-0.25, -0.2) is 0 Å². The molecule has 0 radical (unpaired) electrons. The molecule has 0 unspecified atom stereocenters. The summed E-state index contributed by atoms with van der Waals surface area (Å²) in [6, 6.07) is 14.4. The molecule has 1 aromatic heterocycles. The second-order valence-corrected chi connectivity index (χ2v) is 8.00. The summed E-state index contributed by atoms with van der Waals surface area (Å²) in [5.41, 5.74) is 1.94. The second-order valence-electron chi connectivity index (χ2n) is 8.00. The fourth-order valence-electron chi connectivity index (χ4n) is 3.83. The van der Waals surface area contributed by atoms with E-state index in [2.05, 4.69) is 10.1 Å². The van der Waals surface area contributed by atoms with Crippen molar-refractivity contribution in [3.8, 4) is 17.2 Å². The van der Waals surface area contributed by atoms with Crippen LogP contribution in [0.25, 0.3) is 11.5 Å². The first kappa shape index (κ1) is 22.5. The maximum absolute atomic E-state index is 12.8. The lowest BCUT2D eigenvalue weighted by atomic mass is 10.1. The number of ether oxygens (including phenoxy) is 1. The van der Waals surface area contributed by atoms with Crippen LogP contribution in [0.5, 0.6) is 5.75 Å². The lowest BCUT2D eigenvalue weighted by Gasteiger charge is -2.18. The average Bonchev–Trinajstić information content (AvgIpc) is 3.55. The van der Waals surface area contributed by atoms with Gasteiger partial charge in [-0.05, 0) is 56.2 Å². The van der Waals surface area contributed by atoms with E-state index in [-0.39, 0.29) is 11.8 Å². The Morgan fingerprint density at radius 2 is 1.82 bits per heavy atom. The van der Waals surface area contributed by atoms with Crippen LogP contribution in [0.2, 0.25) is 0 Å². The third-order valence-corrected chi connectivity index (χ3v) is 5.67. The summed E-state index contributed by atoms with van der Waals surface area (Å²) in [6.07, 6.45) is 2.58. The van der Waals surface area contributed by atoms with E-state index in [9.17, 15) is 9.59 Å². The average molecular weight is 449 g/mol. The summed E-state index contributed by atoms with van der Waals surface area (Å²) in [4.78, 5) is 33.3. The van der Waals surface area contributed by atoms with Crippen LogP contribution in [0.15, 0.2) is 53.1 Å². The molecule has 1 aliphatic heterocycles. The molecule has 8 nitrogen and oxygen atoms in total. The SMILES string of the molecule is CCOc1ccccc1C(=O)N(C)CCc1noc(-c2ccc(C(=O)N3CCCC3)cc2)n1. The molecule has 1 aliphatic rings. The highest BCUT2D eigenvalue weighted by Gasteiger charge is 2.20. The van der Waals surface area contributed by atoms with E-state index in [1.54, 1.807) is 36.2 Å². The van der Waals surface area contributed by atoms with Crippen molar-refractivity contribution in [2.24, 2.45) is 0 Å². The van der Waals surface area contributed by atoms with E-state index in [1.807, 2.05) is 36.1 Å². The number of rotatable bonds is 8. The maximum atomic E-state index is 12.8. The minimum atomic E-state index is -0.124. The molecule has 0 saturated carbocycles. The van der Waals surface area contributed by atoms with Crippen LogP contribution < -0.4 is 4.74 Å². The third kappa shape index (κ3) is 5.22. The number of amides is 2. The lowest BCUT2D eigenvalue weighted by molar-refractivity contribution is 0.0784. The first-order valence-electron chi connectivity index (χ1n) is 11.3. The molecule has 172 valence electrons. The van der Waals surface area contributed by atoms with Crippen molar-refractivity contribution in [3.05, 3.63) is 65.5 Å². The molecule has 2 aromatic carbocycles. The minimum absolute atomic E-state index is 0.0592. The zero-order chi connectivity index (χ0) is 23.2. The van der Waals surface area contributed by atoms with Gasteiger partial charge < -0.3 is 19.1 Å². The maximum Gasteiger partial charge on any atom is 0.257 e. The number of carbonyl (C=O) groups excluding carboxylic acids is 2. The number of benzene rings is 2. The van der Waals surface area contributed by atoms with Crippen molar-refractivity contribution in [1.82, 2.24) is 19.9 Å². The largest absolute Gasteiger partial charge is 0.493 e. The Morgan fingerprint density at radius 1 is 1.09 bits per heavy atom. The molecule has 0 bridgehead atoms. The first-order chi connectivity index (χ1) is 16.1. The van der Waals surface area contributed by atoms with Gasteiger partial charge in [0.25, 0.3) is 17.7 Å². The van der Waals surface area contributed by atoms with E-state index >= 15 is 0 Å². The standard InChI is InChI=1S/C25H28N4O4/c1-3-32-21-9-5-4-8-20(21)25(31)28(2)17-14-22-26-23(33-27-22)18-10-12-19(13-11-18)24(30)29-15-6-7-16-29/h4-5,8-13H,3,6-7,14-17H2,1-2H3. The molecule has 2 amide bonds. The summed E-state index contributed by atoms with van der Waals surface area (Å²) in [5.74, 6) is 1.41. The van der Waals surface area contributed by atoms with Crippen LogP contribution in [0.1, 0.15) is 46.3 Å². The quantitative estimate of drug-likeness (QED) is 0.522. The number of aromatic nitrogens is 2. The normalized spacial score (nSPS) is 13.2. The van der Waals surface area contributed by atoms with Crippen LogP contribution in [0, 0.1) is 0 Å². The number of hydrogen-bond donors (Lipinski definition) is 0. The van der Waals surface area contributed by atoms with Gasteiger partial charge in [0.15, 0.2) is 5.82 Å². The highest BCUT2D eigenvalue weighted by atomic mass is 16.5. The van der Waals surface area contributed by atoms with Gasteiger partial charge in [-0.2, -0.15) is 4.98 Å². The molecule has 0 atom stereocenters. The van der Waals surface area contributed by atoms with Gasteiger partial charge in [-0.1, -0.05) is 17.3 Å². The fraction of sp³-hybridized carbons (Fsp3) is 0.360. The molecule has 1 saturated heterocycles. The van der Waals surface area contributed by atoms with Crippen molar-refractivity contribution in [1.29, 1.82) is 0 Å². The van der Waals surface area contributed by atoms with Gasteiger partial charge >= 0.3 is 0 Å². The molecule has 8 heteroatoms. The first-order valence-corrected chi connectivity index (χ1v) is 11.3. The van der Waals surface area contributed by atoms with E-state index in [0.29, 0.717) is 48.2 Å². The number of hydrogen-bond acceptors (Lipinski definition) is 6. The zero-order valence-electron chi connectivity index (χ0n) is 19.0. The van der Waals surface area contributed by atoms with Crippen molar-refractivity contribution < 1.29 is 18.8 Å². The number of para-hydroxylation sites is 1. The van der Waals surface area contributed by atoms with E-state index in [4.69, 9.17) is 9.26 Å². The predicted octanol–water partition coefficient (Wildman–Crippen LogP) is 3.69. The Labute approximate surface area is 193 Å². The Bertz CT molecular complexity index is 1100. The summed E-state index contributed by atoms with van der Waals surface area (Å²) in [7, 11) is 1.74. The van der Waals surface area contributed by atoms with Gasteiger partial charge in [-0.3, -0.25) is 9.59 Å². The molecule has 0 N–H and O–H groups in total. The van der Waals surface area contributed by atoms with Crippen LogP contribution in [-0.2, 0) is 6.42 Å². The molecule has 2 heterocycles. The summed E-state index contributed by atoms with van der Waals surface area (Å²) in [6.45, 7) is 4.45. The smallest absolute Gasteiger partial charge is 0.257 e. The number of likely N-dealkylation sites (tertiary alicyclic amines) is 1. The molecule has 4 rings (SSSR count). The summed E-state index contributed by atoms with van der Waals surface area (Å²) in [5, 5.41) is 4.04. The fourth-order valence-corrected chi connectivity index (χ4v) is 3.83. The van der Waals surface area contributed by atoms with Crippen molar-refractivity contribution in [2.75, 3.05) is 33.3 Å². The Hall–Kier alpha value is -3.68. The van der Waals surface area contributed by atoms with Gasteiger partial charge in [0, 0.05) is 44.2 Å². The van der Waals surface area contributed by atoms with E-state index < -0.39 is 0 Å². The molecule has 0 aliphatic carbocycles. The van der Waals surface area contributed by atoms with Crippen molar-refractivity contribution in [2.45, 2.75) is 26.2 Å². The third-order valence-electron chi connectivity index (χ3n) is 5.67. The van der Waals surface area contributed by atoms with Gasteiger partial charge in [0.2, 0.25) is 0 Å². The molecule has 33 heavy (non-hydrogen) atoms.